The SMILES string of the molecule is c1ccc2cc(-c3nccc4oc5c6cccc7c8ccccc8n(c76)c5c34)ccc2c1. The third-order valence-electron chi connectivity index (χ3n) is 6.76. The van der Waals surface area contributed by atoms with Crippen molar-refractivity contribution in [3.8, 4) is 11.3 Å². The molecule has 0 aliphatic carbocycles. The standard InChI is InChI=1S/C29H16N2O/c1-2-7-18-16-19(13-12-17(18)6-1)26-25-24(14-15-30-26)32-29-22-10-5-9-21-20-8-3-4-11-23(20)31(27(21)22)28(25)29/h1-16H. The molecule has 0 N–H and O–H groups in total. The Morgan fingerprint density at radius 2 is 1.47 bits per heavy atom. The predicted octanol–water partition coefficient (Wildman–Crippen LogP) is 7.80. The van der Waals surface area contributed by atoms with Crippen molar-refractivity contribution in [2.24, 2.45) is 0 Å². The summed E-state index contributed by atoms with van der Waals surface area (Å²) in [4.78, 5) is 4.85. The molecule has 0 unspecified atom stereocenters. The highest BCUT2D eigenvalue weighted by Gasteiger charge is 2.24. The molecular formula is C29H16N2O. The molecule has 3 heteroatoms. The number of hydrogen-bond acceptors (Lipinski definition) is 2. The molecule has 0 saturated heterocycles. The van der Waals surface area contributed by atoms with Gasteiger partial charge in [0.05, 0.1) is 22.1 Å². The van der Waals surface area contributed by atoms with Crippen LogP contribution in [0.2, 0.25) is 0 Å². The minimum atomic E-state index is 0.869. The molecule has 0 fully saturated rings. The zero-order valence-corrected chi connectivity index (χ0v) is 17.0. The van der Waals surface area contributed by atoms with Gasteiger partial charge in [0.15, 0.2) is 5.58 Å². The van der Waals surface area contributed by atoms with Crippen molar-refractivity contribution in [1.82, 2.24) is 9.38 Å². The van der Waals surface area contributed by atoms with Gasteiger partial charge in [-0.2, -0.15) is 0 Å². The van der Waals surface area contributed by atoms with Crippen LogP contribution >= 0.6 is 0 Å². The Kier molecular flexibility index (Phi) is 2.89. The lowest BCUT2D eigenvalue weighted by Crippen LogP contribution is -1.87. The van der Waals surface area contributed by atoms with Crippen LogP contribution in [-0.4, -0.2) is 9.38 Å². The van der Waals surface area contributed by atoms with Gasteiger partial charge in [-0.25, -0.2) is 0 Å². The van der Waals surface area contributed by atoms with Gasteiger partial charge in [0, 0.05) is 27.9 Å². The molecule has 8 rings (SSSR count). The van der Waals surface area contributed by atoms with E-state index < -0.39 is 0 Å². The molecule has 4 heterocycles. The monoisotopic (exact) mass is 408 g/mol. The maximum Gasteiger partial charge on any atom is 0.161 e. The van der Waals surface area contributed by atoms with E-state index in [4.69, 9.17) is 9.40 Å². The smallest absolute Gasteiger partial charge is 0.161 e. The summed E-state index contributed by atoms with van der Waals surface area (Å²) < 4.78 is 8.85. The Hall–Kier alpha value is -4.37. The summed E-state index contributed by atoms with van der Waals surface area (Å²) in [5.41, 5.74) is 7.37. The third-order valence-corrected chi connectivity index (χ3v) is 6.76. The average Bonchev–Trinajstić information content (AvgIpc) is 3.49. The van der Waals surface area contributed by atoms with Crippen LogP contribution in [0, 0.1) is 0 Å². The first-order valence-electron chi connectivity index (χ1n) is 10.8. The van der Waals surface area contributed by atoms with Gasteiger partial charge in [0.1, 0.15) is 11.1 Å². The molecule has 0 amide bonds. The number of para-hydroxylation sites is 2. The van der Waals surface area contributed by atoms with E-state index in [1.54, 1.807) is 0 Å². The first kappa shape index (κ1) is 16.3. The van der Waals surface area contributed by atoms with Crippen molar-refractivity contribution in [1.29, 1.82) is 0 Å². The van der Waals surface area contributed by atoms with Gasteiger partial charge in [-0.1, -0.05) is 66.7 Å². The minimum absolute atomic E-state index is 0.869. The molecule has 4 aromatic heterocycles. The highest BCUT2D eigenvalue weighted by molar-refractivity contribution is 6.27. The molecule has 8 aromatic rings. The summed E-state index contributed by atoms with van der Waals surface area (Å²) in [5, 5.41) is 7.17. The highest BCUT2D eigenvalue weighted by atomic mass is 16.3. The van der Waals surface area contributed by atoms with Crippen molar-refractivity contribution >= 4 is 60.0 Å². The molecule has 0 saturated carbocycles. The fourth-order valence-electron chi connectivity index (χ4n) is 5.42. The van der Waals surface area contributed by atoms with Gasteiger partial charge in [-0.3, -0.25) is 4.98 Å². The molecule has 0 atom stereocenters. The van der Waals surface area contributed by atoms with Gasteiger partial charge in [0.2, 0.25) is 0 Å². The van der Waals surface area contributed by atoms with Crippen LogP contribution < -0.4 is 0 Å². The van der Waals surface area contributed by atoms with Gasteiger partial charge in [-0.05, 0) is 35.0 Å². The molecular weight excluding hydrogens is 392 g/mol. The van der Waals surface area contributed by atoms with Gasteiger partial charge in [0.25, 0.3) is 0 Å². The normalized spacial score (nSPS) is 12.4. The first-order chi connectivity index (χ1) is 15.9. The van der Waals surface area contributed by atoms with Crippen LogP contribution in [-0.2, 0) is 0 Å². The van der Waals surface area contributed by atoms with Crippen LogP contribution in [0.3, 0.4) is 0 Å². The molecule has 0 aliphatic heterocycles. The quantitative estimate of drug-likeness (QED) is 0.277. The summed E-state index contributed by atoms with van der Waals surface area (Å²) >= 11 is 0. The van der Waals surface area contributed by atoms with Crippen molar-refractivity contribution in [3.05, 3.63) is 97.2 Å². The fraction of sp³-hybridized carbons (Fsp3) is 0. The lowest BCUT2D eigenvalue weighted by molar-refractivity contribution is 0.672. The van der Waals surface area contributed by atoms with E-state index >= 15 is 0 Å². The van der Waals surface area contributed by atoms with Crippen molar-refractivity contribution in [2.45, 2.75) is 0 Å². The Labute approximate surface area is 182 Å². The second-order valence-corrected chi connectivity index (χ2v) is 8.43. The van der Waals surface area contributed by atoms with E-state index in [2.05, 4.69) is 89.3 Å². The van der Waals surface area contributed by atoms with Crippen LogP contribution in [0.5, 0.6) is 0 Å². The summed E-state index contributed by atoms with van der Waals surface area (Å²) in [7, 11) is 0. The first-order valence-corrected chi connectivity index (χ1v) is 10.8. The summed E-state index contributed by atoms with van der Waals surface area (Å²) in [6, 6.07) is 32.1. The predicted molar refractivity (Wildman–Crippen MR) is 132 cm³/mol. The van der Waals surface area contributed by atoms with Crippen molar-refractivity contribution in [2.75, 3.05) is 0 Å². The maximum atomic E-state index is 6.48. The molecule has 4 aromatic carbocycles. The number of aromatic nitrogens is 2. The second kappa shape index (κ2) is 5.65. The lowest BCUT2D eigenvalue weighted by atomic mass is 10.0. The van der Waals surface area contributed by atoms with E-state index in [0.717, 1.165) is 38.7 Å². The summed E-state index contributed by atoms with van der Waals surface area (Å²) in [5.74, 6) is 0. The van der Waals surface area contributed by atoms with E-state index in [9.17, 15) is 0 Å². The Morgan fingerprint density at radius 1 is 0.656 bits per heavy atom. The van der Waals surface area contributed by atoms with E-state index in [1.807, 2.05) is 12.3 Å². The van der Waals surface area contributed by atoms with Crippen LogP contribution in [0.15, 0.2) is 102 Å². The van der Waals surface area contributed by atoms with Gasteiger partial charge in [-0.15, -0.1) is 0 Å². The van der Waals surface area contributed by atoms with E-state index in [1.165, 1.54) is 32.6 Å². The number of rotatable bonds is 1. The van der Waals surface area contributed by atoms with Gasteiger partial charge < -0.3 is 8.82 Å². The fourth-order valence-corrected chi connectivity index (χ4v) is 5.42. The summed E-state index contributed by atoms with van der Waals surface area (Å²) in [6.45, 7) is 0. The van der Waals surface area contributed by atoms with Crippen LogP contribution in [0.4, 0.5) is 0 Å². The molecule has 32 heavy (non-hydrogen) atoms. The zero-order valence-electron chi connectivity index (χ0n) is 17.0. The molecule has 0 bridgehead atoms. The molecule has 0 radical (unpaired) electrons. The Bertz CT molecular complexity index is 1990. The number of nitrogens with zero attached hydrogens (tertiary/aromatic N) is 2. The highest BCUT2D eigenvalue weighted by Crippen LogP contribution is 2.44. The van der Waals surface area contributed by atoms with Gasteiger partial charge >= 0.3 is 0 Å². The topological polar surface area (TPSA) is 30.4 Å². The second-order valence-electron chi connectivity index (χ2n) is 8.43. The minimum Gasteiger partial charge on any atom is -0.454 e. The van der Waals surface area contributed by atoms with Crippen molar-refractivity contribution in [3.63, 3.8) is 0 Å². The molecule has 0 aliphatic rings. The van der Waals surface area contributed by atoms with Crippen LogP contribution in [0.1, 0.15) is 0 Å². The Morgan fingerprint density at radius 3 is 2.44 bits per heavy atom. The average molecular weight is 408 g/mol. The van der Waals surface area contributed by atoms with Crippen LogP contribution in [0.25, 0.3) is 71.3 Å². The summed E-state index contributed by atoms with van der Waals surface area (Å²) in [6.07, 6.45) is 1.85. The number of furan rings is 1. The number of benzene rings is 4. The number of fused-ring (bicyclic) bond motifs is 9. The molecule has 148 valence electrons. The number of pyridine rings is 1. The van der Waals surface area contributed by atoms with E-state index in [0.29, 0.717) is 0 Å². The maximum absolute atomic E-state index is 6.48. The molecule has 0 spiro atoms. The zero-order chi connectivity index (χ0) is 20.8. The largest absolute Gasteiger partial charge is 0.454 e. The van der Waals surface area contributed by atoms with Crippen molar-refractivity contribution < 1.29 is 4.42 Å². The Balaban J connectivity index is 1.61. The lowest BCUT2D eigenvalue weighted by Gasteiger charge is -2.05. The third kappa shape index (κ3) is 1.89. The molecule has 3 nitrogen and oxygen atoms in total. The van der Waals surface area contributed by atoms with E-state index in [-0.39, 0.29) is 0 Å². The number of hydrogen-bond donors (Lipinski definition) is 0.